The van der Waals surface area contributed by atoms with Crippen LogP contribution in [0.25, 0.3) is 0 Å². The Morgan fingerprint density at radius 2 is 2.05 bits per heavy atom. The zero-order valence-corrected chi connectivity index (χ0v) is 13.3. The van der Waals surface area contributed by atoms with Gasteiger partial charge in [0.1, 0.15) is 5.75 Å². The minimum atomic E-state index is 0.188. The summed E-state index contributed by atoms with van der Waals surface area (Å²) in [5.74, 6) is 1.44. The standard InChI is InChI=1S/C17H27NO3/c1-13(2)21-16-6-4-14(5-7-16)17-15(8-10-20-17)12-18-9-11-19-3/h4-7,13,15,17-18H,8-12H2,1-3H3. The number of nitrogens with one attached hydrogen (secondary N) is 1. The number of methoxy groups -OCH3 is 1. The van der Waals surface area contributed by atoms with Gasteiger partial charge in [-0.05, 0) is 38.0 Å². The van der Waals surface area contributed by atoms with Gasteiger partial charge >= 0.3 is 0 Å². The van der Waals surface area contributed by atoms with Crippen molar-refractivity contribution in [1.82, 2.24) is 5.32 Å². The average molecular weight is 293 g/mol. The molecular weight excluding hydrogens is 266 g/mol. The van der Waals surface area contributed by atoms with Gasteiger partial charge in [-0.2, -0.15) is 0 Å². The van der Waals surface area contributed by atoms with Crippen molar-refractivity contribution in [1.29, 1.82) is 0 Å². The van der Waals surface area contributed by atoms with Gasteiger partial charge in [0.15, 0.2) is 0 Å². The van der Waals surface area contributed by atoms with Crippen molar-refractivity contribution in [3.05, 3.63) is 29.8 Å². The Labute approximate surface area is 127 Å². The van der Waals surface area contributed by atoms with Gasteiger partial charge in [-0.1, -0.05) is 12.1 Å². The summed E-state index contributed by atoms with van der Waals surface area (Å²) in [5.41, 5.74) is 1.24. The minimum absolute atomic E-state index is 0.188. The molecule has 1 saturated heterocycles. The molecule has 1 fully saturated rings. The molecule has 0 aromatic heterocycles. The molecule has 4 heteroatoms. The summed E-state index contributed by atoms with van der Waals surface area (Å²) in [4.78, 5) is 0. The summed E-state index contributed by atoms with van der Waals surface area (Å²) in [5, 5.41) is 3.44. The second-order valence-corrected chi connectivity index (χ2v) is 5.77. The average Bonchev–Trinajstić information content (AvgIpc) is 2.92. The molecular formula is C17H27NO3. The Morgan fingerprint density at radius 1 is 1.29 bits per heavy atom. The molecule has 1 aromatic carbocycles. The van der Waals surface area contributed by atoms with E-state index in [1.807, 2.05) is 26.0 Å². The topological polar surface area (TPSA) is 39.7 Å². The Morgan fingerprint density at radius 3 is 2.71 bits per heavy atom. The number of ether oxygens (including phenoxy) is 3. The highest BCUT2D eigenvalue weighted by Gasteiger charge is 2.29. The smallest absolute Gasteiger partial charge is 0.119 e. The highest BCUT2D eigenvalue weighted by Crippen LogP contribution is 2.34. The van der Waals surface area contributed by atoms with E-state index in [1.54, 1.807) is 7.11 Å². The summed E-state index contributed by atoms with van der Waals surface area (Å²) in [6.45, 7) is 7.52. The molecule has 2 unspecified atom stereocenters. The lowest BCUT2D eigenvalue weighted by molar-refractivity contribution is 0.0898. The summed E-state index contributed by atoms with van der Waals surface area (Å²) in [6.07, 6.45) is 1.50. The molecule has 1 heterocycles. The molecule has 1 N–H and O–H groups in total. The van der Waals surface area contributed by atoms with Crippen molar-refractivity contribution >= 4 is 0 Å². The van der Waals surface area contributed by atoms with E-state index in [1.165, 1.54) is 5.56 Å². The predicted octanol–water partition coefficient (Wildman–Crippen LogP) is 2.79. The highest BCUT2D eigenvalue weighted by molar-refractivity contribution is 5.29. The summed E-state index contributed by atoms with van der Waals surface area (Å²) in [7, 11) is 1.73. The van der Waals surface area contributed by atoms with Crippen LogP contribution in [-0.2, 0) is 9.47 Å². The Hall–Kier alpha value is -1.10. The lowest BCUT2D eigenvalue weighted by Crippen LogP contribution is -2.27. The molecule has 4 nitrogen and oxygen atoms in total. The third-order valence-corrected chi connectivity index (χ3v) is 3.68. The second kappa shape index (κ2) is 8.37. The van der Waals surface area contributed by atoms with Gasteiger partial charge in [0.25, 0.3) is 0 Å². The van der Waals surface area contributed by atoms with Crippen LogP contribution in [0.5, 0.6) is 5.75 Å². The van der Waals surface area contributed by atoms with Crippen LogP contribution < -0.4 is 10.1 Å². The first-order valence-corrected chi connectivity index (χ1v) is 7.78. The van der Waals surface area contributed by atoms with E-state index < -0.39 is 0 Å². The molecule has 0 amide bonds. The van der Waals surface area contributed by atoms with Gasteiger partial charge in [0.2, 0.25) is 0 Å². The second-order valence-electron chi connectivity index (χ2n) is 5.77. The van der Waals surface area contributed by atoms with Crippen LogP contribution in [0.1, 0.15) is 31.9 Å². The van der Waals surface area contributed by atoms with E-state index in [-0.39, 0.29) is 12.2 Å². The Balaban J connectivity index is 1.89. The van der Waals surface area contributed by atoms with Crippen LogP contribution in [0.4, 0.5) is 0 Å². The van der Waals surface area contributed by atoms with Crippen molar-refractivity contribution in [2.24, 2.45) is 5.92 Å². The Kier molecular flexibility index (Phi) is 6.49. The van der Waals surface area contributed by atoms with E-state index >= 15 is 0 Å². The van der Waals surface area contributed by atoms with E-state index in [0.717, 1.165) is 38.5 Å². The van der Waals surface area contributed by atoms with E-state index in [2.05, 4.69) is 17.4 Å². The number of rotatable bonds is 8. The molecule has 1 aromatic rings. The van der Waals surface area contributed by atoms with Gasteiger partial charge in [-0.15, -0.1) is 0 Å². The number of hydrogen-bond donors (Lipinski definition) is 1. The van der Waals surface area contributed by atoms with E-state index in [0.29, 0.717) is 5.92 Å². The fourth-order valence-electron chi connectivity index (χ4n) is 2.68. The summed E-state index contributed by atoms with van der Waals surface area (Å²) in [6, 6.07) is 8.31. The third kappa shape index (κ3) is 4.99. The van der Waals surface area contributed by atoms with Gasteiger partial charge < -0.3 is 19.5 Å². The minimum Gasteiger partial charge on any atom is -0.491 e. The maximum absolute atomic E-state index is 5.92. The molecule has 0 saturated carbocycles. The van der Waals surface area contributed by atoms with Crippen LogP contribution in [0.3, 0.4) is 0 Å². The predicted molar refractivity (Wildman–Crippen MR) is 83.8 cm³/mol. The van der Waals surface area contributed by atoms with Crippen molar-refractivity contribution in [2.75, 3.05) is 33.4 Å². The van der Waals surface area contributed by atoms with E-state index in [9.17, 15) is 0 Å². The SMILES string of the molecule is COCCNCC1CCOC1c1ccc(OC(C)C)cc1. The summed E-state index contributed by atoms with van der Waals surface area (Å²) >= 11 is 0. The Bertz CT molecular complexity index is 405. The van der Waals surface area contributed by atoms with Gasteiger partial charge in [0, 0.05) is 32.7 Å². The maximum Gasteiger partial charge on any atom is 0.119 e. The van der Waals surface area contributed by atoms with Gasteiger partial charge in [-0.25, -0.2) is 0 Å². The highest BCUT2D eigenvalue weighted by atomic mass is 16.5. The molecule has 0 spiro atoms. The quantitative estimate of drug-likeness (QED) is 0.748. The van der Waals surface area contributed by atoms with Crippen LogP contribution in [0.2, 0.25) is 0 Å². The van der Waals surface area contributed by atoms with Gasteiger partial charge in [0.05, 0.1) is 18.8 Å². The monoisotopic (exact) mass is 293 g/mol. The maximum atomic E-state index is 5.92. The molecule has 118 valence electrons. The van der Waals surface area contributed by atoms with E-state index in [4.69, 9.17) is 14.2 Å². The van der Waals surface area contributed by atoms with Crippen LogP contribution >= 0.6 is 0 Å². The molecule has 1 aliphatic heterocycles. The zero-order chi connectivity index (χ0) is 15.1. The van der Waals surface area contributed by atoms with Crippen molar-refractivity contribution < 1.29 is 14.2 Å². The first-order valence-electron chi connectivity index (χ1n) is 7.78. The van der Waals surface area contributed by atoms with Crippen molar-refractivity contribution in [3.63, 3.8) is 0 Å². The number of hydrogen-bond acceptors (Lipinski definition) is 4. The fraction of sp³-hybridized carbons (Fsp3) is 0.647. The number of benzene rings is 1. The third-order valence-electron chi connectivity index (χ3n) is 3.68. The van der Waals surface area contributed by atoms with Gasteiger partial charge in [-0.3, -0.25) is 0 Å². The molecule has 1 aliphatic rings. The molecule has 21 heavy (non-hydrogen) atoms. The molecule has 0 bridgehead atoms. The molecule has 0 radical (unpaired) electrons. The van der Waals surface area contributed by atoms with Crippen LogP contribution in [0.15, 0.2) is 24.3 Å². The van der Waals surface area contributed by atoms with Crippen LogP contribution in [-0.4, -0.2) is 39.5 Å². The summed E-state index contributed by atoms with van der Waals surface area (Å²) < 4.78 is 16.7. The largest absolute Gasteiger partial charge is 0.491 e. The molecule has 2 atom stereocenters. The fourth-order valence-corrected chi connectivity index (χ4v) is 2.68. The normalized spacial score (nSPS) is 21.9. The zero-order valence-electron chi connectivity index (χ0n) is 13.3. The lowest BCUT2D eigenvalue weighted by Gasteiger charge is -2.20. The first-order chi connectivity index (χ1) is 10.2. The molecule has 0 aliphatic carbocycles. The van der Waals surface area contributed by atoms with Crippen molar-refractivity contribution in [3.8, 4) is 5.75 Å². The van der Waals surface area contributed by atoms with Crippen molar-refractivity contribution in [2.45, 2.75) is 32.5 Å². The van der Waals surface area contributed by atoms with Crippen LogP contribution in [0, 0.1) is 5.92 Å². The molecule has 2 rings (SSSR count). The lowest BCUT2D eigenvalue weighted by atomic mass is 9.95. The first kappa shape index (κ1) is 16.3.